The minimum absolute atomic E-state index is 0.0516. The van der Waals surface area contributed by atoms with Gasteiger partial charge in [0.25, 0.3) is 5.91 Å². The molecule has 6 amide bonds. The van der Waals surface area contributed by atoms with Gasteiger partial charge in [-0.25, -0.2) is 22.8 Å². The van der Waals surface area contributed by atoms with E-state index in [4.69, 9.17) is 18.9 Å². The minimum atomic E-state index is -1.53. The molecule has 4 heterocycles. The molecule has 0 bridgehead atoms. The number of hydrogen-bond acceptors (Lipinski definition) is 14. The molecule has 2 N–H and O–H groups in total. The number of carbonyl (C=O) groups excluding carboxylic acids is 8. The van der Waals surface area contributed by atoms with Crippen LogP contribution in [-0.4, -0.2) is 187 Å². The van der Waals surface area contributed by atoms with Crippen molar-refractivity contribution in [2.24, 2.45) is 5.92 Å². The highest BCUT2D eigenvalue weighted by Crippen LogP contribution is 2.43. The molecule has 0 radical (unpaired) electrons. The van der Waals surface area contributed by atoms with Crippen molar-refractivity contribution in [3.63, 3.8) is 0 Å². The van der Waals surface area contributed by atoms with E-state index >= 15 is 13.6 Å². The van der Waals surface area contributed by atoms with Gasteiger partial charge in [0.2, 0.25) is 17.7 Å². The zero-order valence-corrected chi connectivity index (χ0v) is 54.5. The van der Waals surface area contributed by atoms with Gasteiger partial charge in [-0.05, 0) is 146 Å². The standard InChI is InChI=1S/C68H87F3N8O12/c1-40-33-76(49(35-75-25-26-89-38-41(75)2)36-77(40)65(87)91-67(8,9)10)37-58(82)79-39-68(11,53-24-20-45(30-56(53)79)27-44-18-22-48(69)23-19-44)63(85)72-32-50(80)28-46-17-21-47-34-78(60(52(47)29-46)61(83)73-59-54(70)15-14-16-55(59)71)62(84)51(43(4)88-13)31-57(81)42(3)74(12)64(86)90-66(5,6)7/h14-24,29-30,40-43,49,51,60H,25-28,31-39H2,1-13H3,(H,72,85)(H,73,83)/t40-,41-,42+,43-,49+,51+,60+,68-/m1/s1. The number of morpholine rings is 1. The van der Waals surface area contributed by atoms with Crippen LogP contribution >= 0.6 is 0 Å². The monoisotopic (exact) mass is 1260 g/mol. The summed E-state index contributed by atoms with van der Waals surface area (Å²) in [6.45, 7) is 21.5. The fourth-order valence-corrected chi connectivity index (χ4v) is 12.2. The van der Waals surface area contributed by atoms with Crippen LogP contribution in [0.15, 0.2) is 78.9 Å². The van der Waals surface area contributed by atoms with E-state index in [1.165, 1.54) is 38.1 Å². The van der Waals surface area contributed by atoms with Crippen LogP contribution in [0.4, 0.5) is 34.1 Å². The SMILES string of the molecule is CO[C@H](C)[C@H](CC(=O)[C@H](C)N(C)C(=O)OC(C)(C)C)C(=O)N1Cc2ccc(CC(=O)CNC(=O)[C@]3(C)CN(C(=O)CN4C[C@@H](C)N(C(=O)OC(C)(C)C)C[C@@H]4CN4CCOC[C@H]4C)c4cc(Cc5ccc(F)cc5)ccc43)cc2[C@H]1C(=O)Nc1c(F)cccc1F. The van der Waals surface area contributed by atoms with Gasteiger partial charge < -0.3 is 49.2 Å². The maximum Gasteiger partial charge on any atom is 0.410 e. The summed E-state index contributed by atoms with van der Waals surface area (Å²) in [7, 11) is 2.75. The van der Waals surface area contributed by atoms with E-state index in [2.05, 4.69) is 27.4 Å². The second kappa shape index (κ2) is 28.4. The number of carbonyl (C=O) groups is 8. The Hall–Kier alpha value is -7.73. The third-order valence-corrected chi connectivity index (χ3v) is 17.6. The Balaban J connectivity index is 1.02. The van der Waals surface area contributed by atoms with Gasteiger partial charge in [-0.2, -0.15) is 0 Å². The fourth-order valence-electron chi connectivity index (χ4n) is 12.2. The number of halogens is 3. The van der Waals surface area contributed by atoms with Gasteiger partial charge in [0.15, 0.2) is 11.6 Å². The Morgan fingerprint density at radius 1 is 0.802 bits per heavy atom. The largest absolute Gasteiger partial charge is 0.444 e. The summed E-state index contributed by atoms with van der Waals surface area (Å²) in [5.41, 5.74) is 0.0462. The number of hydrogen-bond donors (Lipinski definition) is 2. The van der Waals surface area contributed by atoms with E-state index in [1.54, 1.807) is 80.8 Å². The number of Topliss-reactive ketones (excluding diaryl/α,β-unsaturated/α-hetero) is 2. The van der Waals surface area contributed by atoms with Crippen molar-refractivity contribution in [1.82, 2.24) is 29.8 Å². The Morgan fingerprint density at radius 3 is 2.11 bits per heavy atom. The number of rotatable bonds is 20. The summed E-state index contributed by atoms with van der Waals surface area (Å²) in [5.74, 6) is -7.22. The molecule has 23 heteroatoms. The van der Waals surface area contributed by atoms with E-state index in [0.717, 1.165) is 34.2 Å². The molecule has 0 aliphatic carbocycles. The van der Waals surface area contributed by atoms with Crippen LogP contribution in [0.1, 0.15) is 122 Å². The molecule has 4 aromatic rings. The van der Waals surface area contributed by atoms with Gasteiger partial charge in [0.05, 0.1) is 49.8 Å². The predicted octanol–water partition coefficient (Wildman–Crippen LogP) is 8.15. The van der Waals surface area contributed by atoms with Crippen molar-refractivity contribution in [3.05, 3.63) is 130 Å². The second-order valence-corrected chi connectivity index (χ2v) is 26.8. The second-order valence-electron chi connectivity index (χ2n) is 26.8. The summed E-state index contributed by atoms with van der Waals surface area (Å²) >= 11 is 0. The van der Waals surface area contributed by atoms with Gasteiger partial charge >= 0.3 is 12.2 Å². The number of nitrogens with one attached hydrogen (secondary N) is 2. The van der Waals surface area contributed by atoms with Crippen molar-refractivity contribution >= 4 is 58.8 Å². The molecule has 0 saturated carbocycles. The Labute approximate surface area is 531 Å². The average molecular weight is 1270 g/mol. The topological polar surface area (TPSA) is 217 Å². The first-order valence-electron chi connectivity index (χ1n) is 31.0. The molecule has 2 saturated heterocycles. The van der Waals surface area contributed by atoms with E-state index in [0.29, 0.717) is 68.2 Å². The van der Waals surface area contributed by atoms with Crippen LogP contribution in [0.25, 0.3) is 0 Å². The van der Waals surface area contributed by atoms with Gasteiger partial charge in [0, 0.05) is 90.1 Å². The zero-order valence-electron chi connectivity index (χ0n) is 54.5. The molecule has 492 valence electrons. The number of amides is 6. The van der Waals surface area contributed by atoms with Gasteiger partial charge in [0.1, 0.15) is 40.4 Å². The summed E-state index contributed by atoms with van der Waals surface area (Å²) in [5, 5.41) is 5.17. The van der Waals surface area contributed by atoms with E-state index in [-0.39, 0.29) is 61.5 Å². The Bertz CT molecular complexity index is 3370. The van der Waals surface area contributed by atoms with Crippen LogP contribution in [0, 0.1) is 23.4 Å². The number of ether oxygens (including phenoxy) is 4. The van der Waals surface area contributed by atoms with Crippen molar-refractivity contribution in [2.45, 2.75) is 155 Å². The lowest BCUT2D eigenvalue weighted by Crippen LogP contribution is -2.64. The molecule has 4 aliphatic rings. The molecule has 4 aliphatic heterocycles. The first kappa shape index (κ1) is 69.2. The normalized spacial score (nSPS) is 21.3. The minimum Gasteiger partial charge on any atom is -0.444 e. The highest BCUT2D eigenvalue weighted by Gasteiger charge is 2.49. The van der Waals surface area contributed by atoms with Gasteiger partial charge in [-0.3, -0.25) is 38.6 Å². The number of nitrogens with zero attached hydrogens (tertiary/aromatic N) is 6. The van der Waals surface area contributed by atoms with Crippen LogP contribution in [-0.2, 0) is 72.5 Å². The van der Waals surface area contributed by atoms with E-state index in [1.807, 2.05) is 39.8 Å². The molecule has 20 nitrogen and oxygen atoms in total. The number of likely N-dealkylation sites (N-methyl/N-ethyl adjacent to an activating group) is 1. The molecule has 8 rings (SSSR count). The van der Waals surface area contributed by atoms with Crippen molar-refractivity contribution in [2.75, 3.05) is 83.4 Å². The van der Waals surface area contributed by atoms with Crippen molar-refractivity contribution in [3.8, 4) is 0 Å². The van der Waals surface area contributed by atoms with Crippen molar-refractivity contribution < 1.29 is 70.5 Å². The number of methoxy groups -OCH3 is 1. The summed E-state index contributed by atoms with van der Waals surface area (Å²) < 4.78 is 67.0. The average Bonchev–Trinajstić information content (AvgIpc) is 1.62. The number of para-hydroxylation sites is 1. The van der Waals surface area contributed by atoms with E-state index in [9.17, 15) is 38.0 Å². The molecule has 0 spiro atoms. The highest BCUT2D eigenvalue weighted by atomic mass is 19.1. The maximum atomic E-state index is 15.2. The Kier molecular flexibility index (Phi) is 21.6. The molecule has 0 aromatic heterocycles. The Morgan fingerprint density at radius 2 is 1.46 bits per heavy atom. The summed E-state index contributed by atoms with van der Waals surface area (Å²) in [4.78, 5) is 124. The van der Waals surface area contributed by atoms with Gasteiger partial charge in [-0.15, -0.1) is 0 Å². The third kappa shape index (κ3) is 16.5. The summed E-state index contributed by atoms with van der Waals surface area (Å²) in [6.07, 6.45) is -2.41. The van der Waals surface area contributed by atoms with Gasteiger partial charge in [-0.1, -0.05) is 48.5 Å². The quantitative estimate of drug-likeness (QED) is 0.0854. The maximum absolute atomic E-state index is 15.2. The molecular weight excluding hydrogens is 1180 g/mol. The smallest absolute Gasteiger partial charge is 0.410 e. The first-order chi connectivity index (χ1) is 42.7. The fraction of sp³-hybridized carbons (Fsp3) is 0.529. The number of anilines is 2. The van der Waals surface area contributed by atoms with Crippen molar-refractivity contribution in [1.29, 1.82) is 0 Å². The molecule has 0 unspecified atom stereocenters. The molecule has 4 aromatic carbocycles. The van der Waals surface area contributed by atoms with E-state index < -0.39 is 112 Å². The number of fused-ring (bicyclic) bond motifs is 2. The number of benzene rings is 4. The predicted molar refractivity (Wildman–Crippen MR) is 334 cm³/mol. The lowest BCUT2D eigenvalue weighted by Gasteiger charge is -2.47. The first-order valence-corrected chi connectivity index (χ1v) is 31.0. The molecule has 2 fully saturated rings. The lowest BCUT2D eigenvalue weighted by atomic mass is 9.83. The van der Waals surface area contributed by atoms with Crippen LogP contribution < -0.4 is 15.5 Å². The number of ketones is 2. The molecular formula is C68H87F3N8O12. The lowest BCUT2D eigenvalue weighted by molar-refractivity contribution is -0.148. The summed E-state index contributed by atoms with van der Waals surface area (Å²) in [6, 6.07) is 16.4. The highest BCUT2D eigenvalue weighted by molar-refractivity contribution is 6.04. The van der Waals surface area contributed by atoms with Crippen LogP contribution in [0.3, 0.4) is 0 Å². The number of piperazine rings is 1. The van der Waals surface area contributed by atoms with Crippen LogP contribution in [0.2, 0.25) is 0 Å². The third-order valence-electron chi connectivity index (χ3n) is 17.6. The molecule has 8 atom stereocenters. The molecule has 91 heavy (non-hydrogen) atoms. The van der Waals surface area contributed by atoms with Crippen LogP contribution in [0.5, 0.6) is 0 Å². The zero-order chi connectivity index (χ0) is 66.6.